The maximum absolute atomic E-state index is 5.62. The molecule has 16 heavy (non-hydrogen) atoms. The third-order valence-corrected chi connectivity index (χ3v) is 2.47. The highest BCUT2D eigenvalue weighted by molar-refractivity contribution is 5.85. The molecule has 2 heterocycles. The van der Waals surface area contributed by atoms with Crippen LogP contribution in [-0.2, 0) is 4.74 Å². The number of aromatic nitrogens is 3. The average Bonchev–Trinajstić information content (AvgIpc) is 2.69. The van der Waals surface area contributed by atoms with Crippen LogP contribution in [0.25, 0.3) is 10.9 Å². The maximum atomic E-state index is 5.62. The molecule has 0 aliphatic carbocycles. The van der Waals surface area contributed by atoms with E-state index in [2.05, 4.69) is 15.2 Å². The molecule has 0 radical (unpaired) electrons. The molecular weight excluding hydrogens is 206 g/mol. The molecule has 5 nitrogen and oxygen atoms in total. The van der Waals surface area contributed by atoms with Crippen molar-refractivity contribution in [3.8, 4) is 5.88 Å². The summed E-state index contributed by atoms with van der Waals surface area (Å²) in [5.41, 5.74) is 1.83. The van der Waals surface area contributed by atoms with E-state index < -0.39 is 0 Å². The monoisotopic (exact) mass is 221 g/mol. The summed E-state index contributed by atoms with van der Waals surface area (Å²) in [7, 11) is 1.66. The second kappa shape index (κ2) is 4.49. The van der Waals surface area contributed by atoms with Gasteiger partial charge in [0.1, 0.15) is 6.61 Å². The third kappa shape index (κ3) is 1.99. The Labute approximate surface area is 93.8 Å². The molecule has 86 valence electrons. The molecule has 2 aromatic heterocycles. The first kappa shape index (κ1) is 10.9. The fourth-order valence-corrected chi connectivity index (χ4v) is 1.45. The van der Waals surface area contributed by atoms with E-state index in [4.69, 9.17) is 9.47 Å². The molecule has 2 aromatic rings. The minimum atomic E-state index is 0.0456. The fourth-order valence-electron chi connectivity index (χ4n) is 1.45. The zero-order chi connectivity index (χ0) is 11.5. The smallest absolute Gasteiger partial charge is 0.224 e. The van der Waals surface area contributed by atoms with Crippen molar-refractivity contribution in [2.24, 2.45) is 0 Å². The summed E-state index contributed by atoms with van der Waals surface area (Å²) >= 11 is 0. The van der Waals surface area contributed by atoms with E-state index >= 15 is 0 Å². The standard InChI is InChI=1S/C11H15N3O2/c1-7(15-3)6-16-11-10-8(2)13-14-9(10)4-5-12-11/h4-5,7H,6H2,1-3H3,(H,13,14)/t7-/m0/s1. The Bertz CT molecular complexity index is 481. The zero-order valence-electron chi connectivity index (χ0n) is 9.65. The molecule has 1 atom stereocenters. The van der Waals surface area contributed by atoms with Gasteiger partial charge in [-0.25, -0.2) is 4.98 Å². The number of methoxy groups -OCH3 is 1. The molecule has 0 spiro atoms. The molecule has 1 N–H and O–H groups in total. The maximum Gasteiger partial charge on any atom is 0.224 e. The van der Waals surface area contributed by atoms with Crippen LogP contribution in [-0.4, -0.2) is 35.0 Å². The Kier molecular flexibility index (Phi) is 3.05. The number of aromatic amines is 1. The van der Waals surface area contributed by atoms with Crippen LogP contribution in [0.4, 0.5) is 0 Å². The Balaban J connectivity index is 2.26. The van der Waals surface area contributed by atoms with Gasteiger partial charge in [-0.2, -0.15) is 5.10 Å². The number of rotatable bonds is 4. The Morgan fingerprint density at radius 1 is 1.50 bits per heavy atom. The summed E-state index contributed by atoms with van der Waals surface area (Å²) in [6.45, 7) is 4.37. The van der Waals surface area contributed by atoms with Gasteiger partial charge in [-0.3, -0.25) is 5.10 Å². The van der Waals surface area contributed by atoms with Gasteiger partial charge in [0.05, 0.1) is 17.0 Å². The van der Waals surface area contributed by atoms with Crippen molar-refractivity contribution in [2.75, 3.05) is 13.7 Å². The minimum Gasteiger partial charge on any atom is -0.474 e. The van der Waals surface area contributed by atoms with Crippen LogP contribution in [0.5, 0.6) is 5.88 Å². The molecule has 0 aromatic carbocycles. The molecule has 0 amide bonds. The molecule has 0 unspecified atom stereocenters. The molecule has 5 heteroatoms. The SMILES string of the molecule is CO[C@@H](C)COc1nccc2n[nH]c(C)c12. The van der Waals surface area contributed by atoms with Gasteiger partial charge in [-0.15, -0.1) is 0 Å². The lowest BCUT2D eigenvalue weighted by molar-refractivity contribution is 0.0706. The van der Waals surface area contributed by atoms with Gasteiger partial charge in [0.15, 0.2) is 0 Å². The Morgan fingerprint density at radius 3 is 3.06 bits per heavy atom. The zero-order valence-corrected chi connectivity index (χ0v) is 9.65. The predicted molar refractivity (Wildman–Crippen MR) is 60.6 cm³/mol. The number of fused-ring (bicyclic) bond motifs is 1. The summed E-state index contributed by atoms with van der Waals surface area (Å²) in [4.78, 5) is 4.21. The van der Waals surface area contributed by atoms with E-state index in [-0.39, 0.29) is 6.10 Å². The van der Waals surface area contributed by atoms with Crippen LogP contribution in [0.1, 0.15) is 12.6 Å². The van der Waals surface area contributed by atoms with Crippen LogP contribution in [0.3, 0.4) is 0 Å². The first-order valence-electron chi connectivity index (χ1n) is 5.17. The fraction of sp³-hybridized carbons (Fsp3) is 0.455. The molecule has 0 aliphatic heterocycles. The molecule has 2 rings (SSSR count). The normalized spacial score (nSPS) is 12.9. The first-order chi connectivity index (χ1) is 7.72. The molecule has 0 bridgehead atoms. The van der Waals surface area contributed by atoms with E-state index in [9.17, 15) is 0 Å². The van der Waals surface area contributed by atoms with Gasteiger partial charge in [0.2, 0.25) is 5.88 Å². The van der Waals surface area contributed by atoms with Crippen LogP contribution in [0, 0.1) is 6.92 Å². The van der Waals surface area contributed by atoms with Crippen LogP contribution < -0.4 is 4.74 Å². The number of pyridine rings is 1. The lowest BCUT2D eigenvalue weighted by Crippen LogP contribution is -2.16. The summed E-state index contributed by atoms with van der Waals surface area (Å²) in [5.74, 6) is 0.604. The molecule has 0 saturated carbocycles. The van der Waals surface area contributed by atoms with Crippen molar-refractivity contribution in [1.29, 1.82) is 0 Å². The van der Waals surface area contributed by atoms with Gasteiger partial charge in [0.25, 0.3) is 0 Å². The Morgan fingerprint density at radius 2 is 2.31 bits per heavy atom. The van der Waals surface area contributed by atoms with Crippen molar-refractivity contribution in [1.82, 2.24) is 15.2 Å². The van der Waals surface area contributed by atoms with Crippen molar-refractivity contribution in [3.05, 3.63) is 18.0 Å². The Hall–Kier alpha value is -1.62. The van der Waals surface area contributed by atoms with Gasteiger partial charge in [0, 0.05) is 19.0 Å². The summed E-state index contributed by atoms with van der Waals surface area (Å²) in [6.07, 6.45) is 1.74. The largest absolute Gasteiger partial charge is 0.474 e. The van der Waals surface area contributed by atoms with Gasteiger partial charge in [-0.05, 0) is 19.9 Å². The molecule has 0 fully saturated rings. The van der Waals surface area contributed by atoms with Crippen LogP contribution >= 0.6 is 0 Å². The van der Waals surface area contributed by atoms with E-state index in [0.717, 1.165) is 16.6 Å². The molecular formula is C11H15N3O2. The van der Waals surface area contributed by atoms with Crippen molar-refractivity contribution in [2.45, 2.75) is 20.0 Å². The van der Waals surface area contributed by atoms with Crippen molar-refractivity contribution < 1.29 is 9.47 Å². The highest BCUT2D eigenvalue weighted by Gasteiger charge is 2.10. The number of nitrogens with one attached hydrogen (secondary N) is 1. The lowest BCUT2D eigenvalue weighted by atomic mass is 10.2. The molecule has 0 saturated heterocycles. The summed E-state index contributed by atoms with van der Waals surface area (Å²) < 4.78 is 10.7. The summed E-state index contributed by atoms with van der Waals surface area (Å²) in [6, 6.07) is 1.85. The second-order valence-electron chi connectivity index (χ2n) is 3.72. The van der Waals surface area contributed by atoms with E-state index in [1.807, 2.05) is 19.9 Å². The number of nitrogens with zero attached hydrogens (tertiary/aromatic N) is 2. The van der Waals surface area contributed by atoms with Crippen molar-refractivity contribution in [3.63, 3.8) is 0 Å². The van der Waals surface area contributed by atoms with Crippen LogP contribution in [0.15, 0.2) is 12.3 Å². The van der Waals surface area contributed by atoms with Gasteiger partial charge < -0.3 is 9.47 Å². The van der Waals surface area contributed by atoms with E-state index in [1.54, 1.807) is 13.3 Å². The highest BCUT2D eigenvalue weighted by atomic mass is 16.5. The third-order valence-electron chi connectivity index (χ3n) is 2.47. The highest BCUT2D eigenvalue weighted by Crippen LogP contribution is 2.24. The topological polar surface area (TPSA) is 60.0 Å². The number of hydrogen-bond acceptors (Lipinski definition) is 4. The first-order valence-corrected chi connectivity index (χ1v) is 5.17. The van der Waals surface area contributed by atoms with Crippen molar-refractivity contribution >= 4 is 10.9 Å². The van der Waals surface area contributed by atoms with E-state index in [0.29, 0.717) is 12.5 Å². The number of aryl methyl sites for hydroxylation is 1. The molecule has 0 aliphatic rings. The van der Waals surface area contributed by atoms with Crippen LogP contribution in [0.2, 0.25) is 0 Å². The average molecular weight is 221 g/mol. The second-order valence-corrected chi connectivity index (χ2v) is 3.72. The number of ether oxygens (including phenoxy) is 2. The van der Waals surface area contributed by atoms with E-state index in [1.165, 1.54) is 0 Å². The minimum absolute atomic E-state index is 0.0456. The summed E-state index contributed by atoms with van der Waals surface area (Å²) in [5, 5.41) is 8.00. The predicted octanol–water partition coefficient (Wildman–Crippen LogP) is 1.68. The number of H-pyrrole nitrogens is 1. The van der Waals surface area contributed by atoms with Gasteiger partial charge in [-0.1, -0.05) is 0 Å². The lowest BCUT2D eigenvalue weighted by Gasteiger charge is -2.11. The quantitative estimate of drug-likeness (QED) is 0.853. The number of hydrogen-bond donors (Lipinski definition) is 1. The van der Waals surface area contributed by atoms with Gasteiger partial charge >= 0.3 is 0 Å².